The zero-order valence-electron chi connectivity index (χ0n) is 20.2. The lowest BCUT2D eigenvalue weighted by atomic mass is 10.0. The van der Waals surface area contributed by atoms with Gasteiger partial charge in [-0.3, -0.25) is 0 Å². The third kappa shape index (κ3) is 5.06. The van der Waals surface area contributed by atoms with E-state index in [4.69, 9.17) is 0 Å². The quantitative estimate of drug-likeness (QED) is 0.239. The van der Waals surface area contributed by atoms with Gasteiger partial charge in [-0.25, -0.2) is 19.9 Å². The molecule has 0 saturated heterocycles. The Balaban J connectivity index is 1.44. The molecule has 4 heterocycles. The highest BCUT2D eigenvalue weighted by Gasteiger charge is 2.35. The lowest BCUT2D eigenvalue weighted by molar-refractivity contribution is -0.140. The predicted octanol–water partition coefficient (Wildman–Crippen LogP) is 6.68. The SMILES string of the molecule is CC(C)n1cc(C(F)(F)F)nc1-c1ccc(Cc2c[nH]c3cnc(-c4cccnc4OC(F)F)nc23)cc1. The summed E-state index contributed by atoms with van der Waals surface area (Å²) in [5, 5.41) is 0. The molecule has 196 valence electrons. The topological polar surface area (TPSA) is 81.5 Å². The molecule has 0 aliphatic carbocycles. The summed E-state index contributed by atoms with van der Waals surface area (Å²) >= 11 is 0. The minimum Gasteiger partial charge on any atom is -0.416 e. The molecule has 7 nitrogen and oxygen atoms in total. The number of H-pyrrole nitrogens is 1. The second kappa shape index (κ2) is 9.84. The summed E-state index contributed by atoms with van der Waals surface area (Å²) < 4.78 is 71.4. The molecule has 5 aromatic rings. The number of rotatable bonds is 7. The molecule has 4 aromatic heterocycles. The largest absolute Gasteiger partial charge is 0.434 e. The van der Waals surface area contributed by atoms with Gasteiger partial charge in [0.15, 0.2) is 11.5 Å². The molecule has 38 heavy (non-hydrogen) atoms. The van der Waals surface area contributed by atoms with E-state index in [0.29, 0.717) is 23.0 Å². The number of ether oxygens (including phenoxy) is 1. The monoisotopic (exact) mass is 528 g/mol. The third-order valence-corrected chi connectivity index (χ3v) is 5.89. The van der Waals surface area contributed by atoms with E-state index in [2.05, 4.69) is 29.7 Å². The van der Waals surface area contributed by atoms with Crippen LogP contribution in [0.5, 0.6) is 5.88 Å². The first-order valence-corrected chi connectivity index (χ1v) is 11.6. The minimum absolute atomic E-state index is 0.179. The van der Waals surface area contributed by atoms with E-state index in [1.54, 1.807) is 50.5 Å². The first-order chi connectivity index (χ1) is 18.1. The van der Waals surface area contributed by atoms with Gasteiger partial charge >= 0.3 is 12.8 Å². The Morgan fingerprint density at radius 2 is 1.79 bits per heavy atom. The van der Waals surface area contributed by atoms with Gasteiger partial charge in [0, 0.05) is 42.2 Å². The number of hydrogen-bond donors (Lipinski definition) is 1. The van der Waals surface area contributed by atoms with Crippen molar-refractivity contribution in [1.82, 2.24) is 29.5 Å². The van der Waals surface area contributed by atoms with Crippen LogP contribution in [-0.2, 0) is 12.6 Å². The second-order valence-electron chi connectivity index (χ2n) is 8.83. The summed E-state index contributed by atoms with van der Waals surface area (Å²) in [5.41, 5.74) is 2.80. The van der Waals surface area contributed by atoms with Crippen molar-refractivity contribution in [3.8, 4) is 28.7 Å². The average Bonchev–Trinajstić information content (AvgIpc) is 3.50. The number of alkyl halides is 5. The van der Waals surface area contributed by atoms with Crippen LogP contribution in [0.25, 0.3) is 33.8 Å². The standard InChI is InChI=1S/C26H21F5N6O/c1-14(2)37-13-20(26(29,30)31)35-23(37)16-7-5-15(6-8-16)10-17-11-33-19-12-34-22(36-21(17)19)18-4-3-9-32-24(18)38-25(27)28/h3-9,11-14,25,33H,10H2,1-2H3. The van der Waals surface area contributed by atoms with Crippen LogP contribution in [0, 0.1) is 0 Å². The van der Waals surface area contributed by atoms with Crippen LogP contribution in [0.1, 0.15) is 36.7 Å². The maximum atomic E-state index is 13.2. The second-order valence-corrected chi connectivity index (χ2v) is 8.83. The first kappa shape index (κ1) is 25.3. The maximum Gasteiger partial charge on any atom is 0.434 e. The normalized spacial score (nSPS) is 12.1. The number of fused-ring (bicyclic) bond motifs is 1. The molecule has 5 rings (SSSR count). The summed E-state index contributed by atoms with van der Waals surface area (Å²) in [6, 6.07) is 10.0. The van der Waals surface area contributed by atoms with E-state index in [1.165, 1.54) is 10.8 Å². The Labute approximate surface area is 213 Å². The molecular formula is C26H21F5N6O. The molecule has 0 fully saturated rings. The van der Waals surface area contributed by atoms with E-state index in [0.717, 1.165) is 17.3 Å². The molecule has 0 atom stereocenters. The molecule has 0 amide bonds. The molecule has 1 aromatic carbocycles. The smallest absolute Gasteiger partial charge is 0.416 e. The number of nitrogens with one attached hydrogen (secondary N) is 1. The van der Waals surface area contributed by atoms with Crippen molar-refractivity contribution in [2.24, 2.45) is 0 Å². The van der Waals surface area contributed by atoms with Gasteiger partial charge in [0.2, 0.25) is 5.88 Å². The van der Waals surface area contributed by atoms with E-state index in [1.807, 2.05) is 12.1 Å². The van der Waals surface area contributed by atoms with E-state index < -0.39 is 18.5 Å². The van der Waals surface area contributed by atoms with Crippen molar-refractivity contribution < 1.29 is 26.7 Å². The summed E-state index contributed by atoms with van der Waals surface area (Å²) in [6.07, 6.45) is 1.61. The Kier molecular flexibility index (Phi) is 6.55. The summed E-state index contributed by atoms with van der Waals surface area (Å²) in [4.78, 5) is 19.6. The fourth-order valence-electron chi connectivity index (χ4n) is 4.10. The van der Waals surface area contributed by atoms with Crippen molar-refractivity contribution in [3.05, 3.63) is 78.0 Å². The fraction of sp³-hybridized carbons (Fsp3) is 0.231. The number of hydrogen-bond acceptors (Lipinski definition) is 5. The van der Waals surface area contributed by atoms with Crippen molar-refractivity contribution in [3.63, 3.8) is 0 Å². The van der Waals surface area contributed by atoms with Crippen LogP contribution < -0.4 is 4.74 Å². The molecular weight excluding hydrogens is 507 g/mol. The lowest BCUT2D eigenvalue weighted by Crippen LogP contribution is -2.05. The Hall–Kier alpha value is -4.35. The molecule has 0 bridgehead atoms. The molecule has 0 saturated carbocycles. The maximum absolute atomic E-state index is 13.2. The fourth-order valence-corrected chi connectivity index (χ4v) is 4.10. The zero-order valence-corrected chi connectivity index (χ0v) is 20.2. The molecule has 0 radical (unpaired) electrons. The summed E-state index contributed by atoms with van der Waals surface area (Å²) in [5.74, 6) is 0.142. The molecule has 12 heteroatoms. The van der Waals surface area contributed by atoms with E-state index >= 15 is 0 Å². The number of aromatic amines is 1. The number of imidazole rings is 1. The van der Waals surface area contributed by atoms with Crippen LogP contribution in [-0.4, -0.2) is 36.1 Å². The highest BCUT2D eigenvalue weighted by Crippen LogP contribution is 2.33. The number of aromatic nitrogens is 6. The lowest BCUT2D eigenvalue weighted by Gasteiger charge is -2.11. The van der Waals surface area contributed by atoms with Gasteiger partial charge in [-0.15, -0.1) is 0 Å². The van der Waals surface area contributed by atoms with Gasteiger partial charge in [0.25, 0.3) is 0 Å². The van der Waals surface area contributed by atoms with Crippen molar-refractivity contribution >= 4 is 11.0 Å². The Morgan fingerprint density at radius 1 is 1.03 bits per heavy atom. The minimum atomic E-state index is -4.53. The van der Waals surface area contributed by atoms with Crippen LogP contribution in [0.3, 0.4) is 0 Å². The van der Waals surface area contributed by atoms with E-state index in [-0.39, 0.29) is 29.1 Å². The van der Waals surface area contributed by atoms with Crippen molar-refractivity contribution in [1.29, 1.82) is 0 Å². The number of benzene rings is 1. The summed E-state index contributed by atoms with van der Waals surface area (Å²) in [7, 11) is 0. The van der Waals surface area contributed by atoms with Crippen molar-refractivity contribution in [2.45, 2.75) is 39.1 Å². The van der Waals surface area contributed by atoms with Crippen molar-refractivity contribution in [2.75, 3.05) is 0 Å². The predicted molar refractivity (Wildman–Crippen MR) is 130 cm³/mol. The Morgan fingerprint density at radius 3 is 2.47 bits per heavy atom. The molecule has 0 aliphatic rings. The van der Waals surface area contributed by atoms with Gasteiger partial charge in [0.1, 0.15) is 5.82 Å². The van der Waals surface area contributed by atoms with Gasteiger partial charge in [-0.05, 0) is 31.5 Å². The Bertz CT molecular complexity index is 1570. The van der Waals surface area contributed by atoms with Gasteiger partial charge in [0.05, 0.1) is 22.8 Å². The summed E-state index contributed by atoms with van der Waals surface area (Å²) in [6.45, 7) is 0.541. The van der Waals surface area contributed by atoms with Crippen LogP contribution in [0.2, 0.25) is 0 Å². The number of halogens is 5. The van der Waals surface area contributed by atoms with Crippen LogP contribution in [0.4, 0.5) is 22.0 Å². The zero-order chi connectivity index (χ0) is 27.0. The van der Waals surface area contributed by atoms with Gasteiger partial charge in [-0.1, -0.05) is 24.3 Å². The highest BCUT2D eigenvalue weighted by atomic mass is 19.4. The molecule has 0 aliphatic heterocycles. The van der Waals surface area contributed by atoms with Gasteiger partial charge < -0.3 is 14.3 Å². The van der Waals surface area contributed by atoms with Gasteiger partial charge in [-0.2, -0.15) is 22.0 Å². The van der Waals surface area contributed by atoms with E-state index in [9.17, 15) is 22.0 Å². The molecule has 0 unspecified atom stereocenters. The third-order valence-electron chi connectivity index (χ3n) is 5.89. The number of nitrogens with zero attached hydrogens (tertiary/aromatic N) is 5. The highest BCUT2D eigenvalue weighted by molar-refractivity contribution is 5.81. The van der Waals surface area contributed by atoms with Crippen LogP contribution >= 0.6 is 0 Å². The number of pyridine rings is 1. The van der Waals surface area contributed by atoms with Crippen LogP contribution in [0.15, 0.2) is 61.2 Å². The molecule has 0 spiro atoms. The molecule has 1 N–H and O–H groups in total. The average molecular weight is 528 g/mol. The first-order valence-electron chi connectivity index (χ1n) is 11.6.